The molecule has 0 radical (unpaired) electrons. The number of hydrogen-bond donors (Lipinski definition) is 0. The van der Waals surface area contributed by atoms with Crippen LogP contribution in [-0.2, 0) is 4.79 Å². The molecule has 8 nitrogen and oxygen atoms in total. The van der Waals surface area contributed by atoms with Gasteiger partial charge in [0.15, 0.2) is 11.5 Å². The second-order valence-electron chi connectivity index (χ2n) is 6.99. The number of ether oxygens (including phenoxy) is 2. The van der Waals surface area contributed by atoms with Gasteiger partial charge in [-0.3, -0.25) is 14.9 Å². The summed E-state index contributed by atoms with van der Waals surface area (Å²) in [7, 11) is 0. The van der Waals surface area contributed by atoms with Gasteiger partial charge in [-0.05, 0) is 49.8 Å². The molecule has 0 unspecified atom stereocenters. The van der Waals surface area contributed by atoms with E-state index in [4.69, 9.17) is 9.47 Å². The molecule has 2 aromatic carbocycles. The number of carbonyl (C=O) groups excluding carboxylic acids is 1. The number of non-ortho nitro benzene ring substituents is 1. The highest BCUT2D eigenvalue weighted by molar-refractivity contribution is 5.92. The third-order valence-electron chi connectivity index (χ3n) is 5.00. The van der Waals surface area contributed by atoms with Crippen molar-refractivity contribution < 1.29 is 19.2 Å². The Hall–Kier alpha value is -3.55. The van der Waals surface area contributed by atoms with Gasteiger partial charge in [0.25, 0.3) is 5.69 Å². The van der Waals surface area contributed by atoms with Gasteiger partial charge in [0.1, 0.15) is 0 Å². The minimum absolute atomic E-state index is 0.0461. The quantitative estimate of drug-likeness (QED) is 0.364. The van der Waals surface area contributed by atoms with Gasteiger partial charge in [0.05, 0.1) is 18.1 Å². The molecule has 2 aromatic rings. The molecule has 0 bridgehead atoms. The number of benzene rings is 2. The molecule has 31 heavy (non-hydrogen) atoms. The van der Waals surface area contributed by atoms with E-state index in [1.54, 1.807) is 29.2 Å². The molecule has 1 amide bonds. The second-order valence-corrected chi connectivity index (χ2v) is 6.99. The summed E-state index contributed by atoms with van der Waals surface area (Å²) in [5.41, 5.74) is 1.86. The van der Waals surface area contributed by atoms with Gasteiger partial charge in [-0.2, -0.15) is 0 Å². The maximum atomic E-state index is 12.6. The lowest BCUT2D eigenvalue weighted by molar-refractivity contribution is -0.384. The molecule has 0 N–H and O–H groups in total. The van der Waals surface area contributed by atoms with Crippen molar-refractivity contribution in [3.63, 3.8) is 0 Å². The minimum Gasteiger partial charge on any atom is -0.490 e. The maximum Gasteiger partial charge on any atom is 0.269 e. The second kappa shape index (κ2) is 10.5. The predicted molar refractivity (Wildman–Crippen MR) is 120 cm³/mol. The van der Waals surface area contributed by atoms with Crippen molar-refractivity contribution in [1.82, 2.24) is 4.90 Å². The lowest BCUT2D eigenvalue weighted by Crippen LogP contribution is -2.48. The molecule has 0 aromatic heterocycles. The molecule has 164 valence electrons. The number of anilines is 1. The van der Waals surface area contributed by atoms with Crippen molar-refractivity contribution in [2.45, 2.75) is 13.8 Å². The van der Waals surface area contributed by atoms with E-state index in [-0.39, 0.29) is 11.6 Å². The molecule has 1 aliphatic heterocycles. The molecule has 8 heteroatoms. The fourth-order valence-corrected chi connectivity index (χ4v) is 3.41. The molecule has 1 saturated heterocycles. The van der Waals surface area contributed by atoms with Crippen molar-refractivity contribution in [3.05, 3.63) is 64.2 Å². The molecular formula is C23H27N3O5. The van der Waals surface area contributed by atoms with Crippen LogP contribution >= 0.6 is 0 Å². The van der Waals surface area contributed by atoms with Gasteiger partial charge < -0.3 is 19.3 Å². The van der Waals surface area contributed by atoms with Crippen molar-refractivity contribution in [2.75, 3.05) is 44.3 Å². The number of hydrogen-bond acceptors (Lipinski definition) is 6. The van der Waals surface area contributed by atoms with Crippen LogP contribution in [0.1, 0.15) is 19.4 Å². The largest absolute Gasteiger partial charge is 0.490 e. The fourth-order valence-electron chi connectivity index (χ4n) is 3.41. The lowest BCUT2D eigenvalue weighted by Gasteiger charge is -2.35. The summed E-state index contributed by atoms with van der Waals surface area (Å²) in [6, 6.07) is 12.1. The zero-order valence-corrected chi connectivity index (χ0v) is 17.8. The lowest BCUT2D eigenvalue weighted by atomic mass is 10.1. The topological polar surface area (TPSA) is 85.2 Å². The van der Waals surface area contributed by atoms with E-state index < -0.39 is 4.92 Å². The Labute approximate surface area is 181 Å². The van der Waals surface area contributed by atoms with Crippen LogP contribution in [0.3, 0.4) is 0 Å². The average Bonchev–Trinajstić information content (AvgIpc) is 2.79. The van der Waals surface area contributed by atoms with Crippen LogP contribution < -0.4 is 14.4 Å². The average molecular weight is 425 g/mol. The first kappa shape index (κ1) is 22.1. The minimum atomic E-state index is -0.408. The van der Waals surface area contributed by atoms with Crippen molar-refractivity contribution in [3.8, 4) is 11.5 Å². The summed E-state index contributed by atoms with van der Waals surface area (Å²) < 4.78 is 11.2. The van der Waals surface area contributed by atoms with E-state index in [0.717, 1.165) is 11.3 Å². The molecule has 1 fully saturated rings. The monoisotopic (exact) mass is 425 g/mol. The van der Waals surface area contributed by atoms with Gasteiger partial charge in [-0.25, -0.2) is 0 Å². The molecule has 1 heterocycles. The summed E-state index contributed by atoms with van der Waals surface area (Å²) in [6.45, 7) is 7.46. The maximum absolute atomic E-state index is 12.6. The zero-order chi connectivity index (χ0) is 22.2. The van der Waals surface area contributed by atoms with Crippen molar-refractivity contribution in [1.29, 1.82) is 0 Å². The Morgan fingerprint density at radius 1 is 1.00 bits per heavy atom. The van der Waals surface area contributed by atoms with Crippen molar-refractivity contribution in [2.24, 2.45) is 0 Å². The SMILES string of the molecule is CCOc1ccc(/C=C/C(=O)N2CCN(c3ccc([N+](=O)[O-])cc3)CC2)cc1OCC. The number of carbonyl (C=O) groups is 1. The van der Waals surface area contributed by atoms with Crippen LogP contribution in [0.5, 0.6) is 11.5 Å². The zero-order valence-electron chi connectivity index (χ0n) is 17.8. The summed E-state index contributed by atoms with van der Waals surface area (Å²) in [5, 5.41) is 10.8. The first-order chi connectivity index (χ1) is 15.0. The molecule has 0 aliphatic carbocycles. The summed E-state index contributed by atoms with van der Waals surface area (Å²) >= 11 is 0. The van der Waals surface area contributed by atoms with Crippen molar-refractivity contribution >= 4 is 23.4 Å². The van der Waals surface area contributed by atoms with Gasteiger partial charge in [-0.15, -0.1) is 0 Å². The Kier molecular flexibility index (Phi) is 7.48. The van der Waals surface area contributed by atoms with E-state index >= 15 is 0 Å². The summed E-state index contributed by atoms with van der Waals surface area (Å²) in [4.78, 5) is 26.9. The number of piperazine rings is 1. The first-order valence-electron chi connectivity index (χ1n) is 10.4. The highest BCUT2D eigenvalue weighted by Gasteiger charge is 2.20. The third kappa shape index (κ3) is 5.75. The van der Waals surface area contributed by atoms with Gasteiger partial charge in [0.2, 0.25) is 5.91 Å². The smallest absolute Gasteiger partial charge is 0.269 e. The van der Waals surface area contributed by atoms with Crippen LogP contribution in [-0.4, -0.2) is 55.1 Å². The predicted octanol–water partition coefficient (Wildman–Crippen LogP) is 3.75. The number of amides is 1. The summed E-state index contributed by atoms with van der Waals surface area (Å²) in [5.74, 6) is 1.31. The normalized spacial score (nSPS) is 14.0. The highest BCUT2D eigenvalue weighted by Crippen LogP contribution is 2.29. The molecule has 0 atom stereocenters. The van der Waals surface area contributed by atoms with E-state index in [9.17, 15) is 14.9 Å². The Morgan fingerprint density at radius 2 is 1.65 bits per heavy atom. The number of nitro groups is 1. The Bertz CT molecular complexity index is 935. The number of nitrogens with zero attached hydrogens (tertiary/aromatic N) is 3. The fraction of sp³-hybridized carbons (Fsp3) is 0.348. The molecule has 0 spiro atoms. The number of nitro benzene ring substituents is 1. The standard InChI is InChI=1S/C23H27N3O5/c1-3-30-21-11-5-18(17-22(21)31-4-2)6-12-23(27)25-15-13-24(14-16-25)19-7-9-20(10-8-19)26(28)29/h5-12,17H,3-4,13-16H2,1-2H3/b12-6+. The van der Waals surface area contributed by atoms with Gasteiger partial charge in [0, 0.05) is 50.1 Å². The van der Waals surface area contributed by atoms with Crippen LogP contribution in [0.4, 0.5) is 11.4 Å². The van der Waals surface area contributed by atoms with E-state index in [2.05, 4.69) is 4.90 Å². The van der Waals surface area contributed by atoms with Gasteiger partial charge >= 0.3 is 0 Å². The first-order valence-corrected chi connectivity index (χ1v) is 10.4. The number of rotatable bonds is 8. The molecular weight excluding hydrogens is 398 g/mol. The molecule has 0 saturated carbocycles. The molecule has 3 rings (SSSR count). The third-order valence-corrected chi connectivity index (χ3v) is 5.00. The summed E-state index contributed by atoms with van der Waals surface area (Å²) in [6.07, 6.45) is 3.36. The van der Waals surface area contributed by atoms with Gasteiger partial charge in [-0.1, -0.05) is 6.07 Å². The Morgan fingerprint density at radius 3 is 2.26 bits per heavy atom. The molecule has 1 aliphatic rings. The van der Waals surface area contributed by atoms with E-state index in [1.165, 1.54) is 12.1 Å². The van der Waals surface area contributed by atoms with E-state index in [0.29, 0.717) is 50.9 Å². The highest BCUT2D eigenvalue weighted by atomic mass is 16.6. The van der Waals surface area contributed by atoms with Crippen LogP contribution in [0.15, 0.2) is 48.5 Å². The Balaban J connectivity index is 1.57. The van der Waals surface area contributed by atoms with Crippen LogP contribution in [0.25, 0.3) is 6.08 Å². The van der Waals surface area contributed by atoms with E-state index in [1.807, 2.05) is 32.0 Å². The van der Waals surface area contributed by atoms with Crippen LogP contribution in [0.2, 0.25) is 0 Å². The van der Waals surface area contributed by atoms with Crippen LogP contribution in [0, 0.1) is 10.1 Å².